The van der Waals surface area contributed by atoms with Crippen LogP contribution in [0.4, 0.5) is 0 Å². The second kappa shape index (κ2) is 3.67. The van der Waals surface area contributed by atoms with E-state index in [1.165, 1.54) is 18.4 Å². The summed E-state index contributed by atoms with van der Waals surface area (Å²) >= 11 is 0. The predicted molar refractivity (Wildman–Crippen MR) is 71.2 cm³/mol. The average Bonchev–Trinajstić information content (AvgIpc) is 2.92. The number of carbonyl (C=O) groups excluding carboxylic acids is 1. The third-order valence-corrected chi connectivity index (χ3v) is 4.54. The number of furan rings is 1. The minimum Gasteiger partial charge on any atom is -0.508 e. The standard InChI is InChI=1S/C16H11NO4/c17-7-16-4-3-11(19)9-6-21-13(15(9)16)5-8-10(18)1-2-12(20)14(8)16/h1-2,6,18,20H,3-5H2/t16-/m1/s1. The molecule has 5 nitrogen and oxygen atoms in total. The lowest BCUT2D eigenvalue weighted by Crippen LogP contribution is -2.36. The van der Waals surface area contributed by atoms with E-state index in [1.807, 2.05) is 0 Å². The van der Waals surface area contributed by atoms with Crippen molar-refractivity contribution in [1.29, 1.82) is 5.26 Å². The molecule has 104 valence electrons. The van der Waals surface area contributed by atoms with Crippen molar-refractivity contribution < 1.29 is 19.4 Å². The van der Waals surface area contributed by atoms with Crippen LogP contribution in [0.5, 0.6) is 11.5 Å². The molecule has 0 radical (unpaired) electrons. The first kappa shape index (κ1) is 12.0. The monoisotopic (exact) mass is 281 g/mol. The summed E-state index contributed by atoms with van der Waals surface area (Å²) in [6.45, 7) is 0. The lowest BCUT2D eigenvalue weighted by atomic mass is 9.62. The first-order valence-electron chi connectivity index (χ1n) is 6.68. The number of phenolic OH excluding ortho intramolecular Hbond substituents is 2. The van der Waals surface area contributed by atoms with Crippen LogP contribution in [0.3, 0.4) is 0 Å². The largest absolute Gasteiger partial charge is 0.508 e. The van der Waals surface area contributed by atoms with Crippen molar-refractivity contribution in [2.24, 2.45) is 0 Å². The Hall–Kier alpha value is -2.74. The number of carbonyl (C=O) groups is 1. The summed E-state index contributed by atoms with van der Waals surface area (Å²) in [5.41, 5.74) is 0.773. The lowest BCUT2D eigenvalue weighted by molar-refractivity contribution is 0.0963. The van der Waals surface area contributed by atoms with Crippen molar-refractivity contribution in [2.45, 2.75) is 24.7 Å². The molecular weight excluding hydrogens is 270 g/mol. The third-order valence-electron chi connectivity index (χ3n) is 4.54. The number of ketones is 1. The fraction of sp³-hybridized carbons (Fsp3) is 0.250. The molecule has 1 aromatic heterocycles. The molecule has 4 rings (SSSR count). The van der Waals surface area contributed by atoms with E-state index in [-0.39, 0.29) is 36.5 Å². The van der Waals surface area contributed by atoms with Gasteiger partial charge in [-0.1, -0.05) is 0 Å². The maximum absolute atomic E-state index is 12.0. The summed E-state index contributed by atoms with van der Waals surface area (Å²) in [6, 6.07) is 5.05. The van der Waals surface area contributed by atoms with Gasteiger partial charge >= 0.3 is 0 Å². The van der Waals surface area contributed by atoms with Gasteiger partial charge in [0, 0.05) is 29.5 Å². The quantitative estimate of drug-likeness (QED) is 0.723. The van der Waals surface area contributed by atoms with Crippen LogP contribution in [0.25, 0.3) is 0 Å². The van der Waals surface area contributed by atoms with Crippen LogP contribution in [-0.2, 0) is 11.8 Å². The highest BCUT2D eigenvalue weighted by molar-refractivity contribution is 6.00. The first-order chi connectivity index (χ1) is 10.1. The fourth-order valence-electron chi connectivity index (χ4n) is 3.62. The first-order valence-corrected chi connectivity index (χ1v) is 6.68. The van der Waals surface area contributed by atoms with Crippen molar-refractivity contribution in [3.63, 3.8) is 0 Å². The number of aromatic hydroxyl groups is 2. The van der Waals surface area contributed by atoms with Crippen molar-refractivity contribution in [3.8, 4) is 17.6 Å². The van der Waals surface area contributed by atoms with Gasteiger partial charge in [-0.05, 0) is 18.6 Å². The minimum absolute atomic E-state index is 0.0259. The summed E-state index contributed by atoms with van der Waals surface area (Å²) in [5, 5.41) is 30.1. The number of nitriles is 1. The Morgan fingerprint density at radius 3 is 2.76 bits per heavy atom. The number of fused-ring (bicyclic) bond motifs is 2. The van der Waals surface area contributed by atoms with E-state index >= 15 is 0 Å². The predicted octanol–water partition coefficient (Wildman–Crippen LogP) is 2.38. The second-order valence-corrected chi connectivity index (χ2v) is 5.52. The zero-order valence-corrected chi connectivity index (χ0v) is 11.0. The average molecular weight is 281 g/mol. The van der Waals surface area contributed by atoms with Crippen molar-refractivity contribution in [2.75, 3.05) is 0 Å². The molecule has 1 aromatic carbocycles. The lowest BCUT2D eigenvalue weighted by Gasteiger charge is -2.36. The zero-order valence-electron chi connectivity index (χ0n) is 11.0. The minimum atomic E-state index is -1.12. The van der Waals surface area contributed by atoms with Crippen LogP contribution >= 0.6 is 0 Å². The van der Waals surface area contributed by atoms with E-state index in [0.29, 0.717) is 28.0 Å². The van der Waals surface area contributed by atoms with Crippen molar-refractivity contribution in [1.82, 2.24) is 0 Å². The molecular formula is C16H11NO4. The molecule has 1 heterocycles. The Bertz CT molecular complexity index is 843. The van der Waals surface area contributed by atoms with E-state index in [9.17, 15) is 20.3 Å². The number of rotatable bonds is 0. The molecule has 0 saturated heterocycles. The summed E-state index contributed by atoms with van der Waals surface area (Å²) in [6.07, 6.45) is 2.15. The van der Waals surface area contributed by atoms with Gasteiger partial charge in [-0.15, -0.1) is 0 Å². The Morgan fingerprint density at radius 1 is 1.24 bits per heavy atom. The van der Waals surface area contributed by atoms with E-state index in [4.69, 9.17) is 4.42 Å². The second-order valence-electron chi connectivity index (χ2n) is 5.52. The third kappa shape index (κ3) is 1.27. The van der Waals surface area contributed by atoms with Crippen LogP contribution < -0.4 is 0 Å². The highest BCUT2D eigenvalue weighted by Gasteiger charge is 2.50. The maximum Gasteiger partial charge on any atom is 0.166 e. The van der Waals surface area contributed by atoms with Gasteiger partial charge in [-0.25, -0.2) is 0 Å². The molecule has 0 bridgehead atoms. The van der Waals surface area contributed by atoms with Gasteiger partial charge < -0.3 is 14.6 Å². The van der Waals surface area contributed by atoms with Gasteiger partial charge in [0.1, 0.15) is 28.9 Å². The maximum atomic E-state index is 12.0. The smallest absolute Gasteiger partial charge is 0.166 e. The van der Waals surface area contributed by atoms with Crippen molar-refractivity contribution >= 4 is 5.78 Å². The molecule has 0 spiro atoms. The topological polar surface area (TPSA) is 94.5 Å². The number of phenols is 2. The molecule has 5 heteroatoms. The molecule has 0 saturated carbocycles. The van der Waals surface area contributed by atoms with Crippen LogP contribution in [0.15, 0.2) is 22.8 Å². The Kier molecular flexibility index (Phi) is 2.10. The molecule has 0 aliphatic heterocycles. The molecule has 2 aliphatic carbocycles. The summed E-state index contributed by atoms with van der Waals surface area (Å²) in [5.74, 6) is 0.469. The molecule has 0 fully saturated rings. The van der Waals surface area contributed by atoms with Gasteiger partial charge in [-0.3, -0.25) is 4.79 Å². The molecule has 0 amide bonds. The van der Waals surface area contributed by atoms with E-state index in [2.05, 4.69) is 6.07 Å². The SMILES string of the molecule is N#C[C@@]12CCC(=O)c3coc(c31)Cc1c(O)ccc(O)c12. The van der Waals surface area contributed by atoms with Crippen LogP contribution in [0, 0.1) is 11.3 Å². The molecule has 2 N–H and O–H groups in total. The Labute approximate surface area is 120 Å². The number of hydrogen-bond acceptors (Lipinski definition) is 5. The van der Waals surface area contributed by atoms with Crippen LogP contribution in [-0.4, -0.2) is 16.0 Å². The highest BCUT2D eigenvalue weighted by atomic mass is 16.3. The summed E-state index contributed by atoms with van der Waals surface area (Å²) in [4.78, 5) is 12.0. The van der Waals surface area contributed by atoms with Gasteiger partial charge in [0.15, 0.2) is 5.78 Å². The van der Waals surface area contributed by atoms with Gasteiger partial charge in [0.25, 0.3) is 0 Å². The fourth-order valence-corrected chi connectivity index (χ4v) is 3.62. The molecule has 2 aliphatic rings. The number of hydrogen-bond donors (Lipinski definition) is 2. The molecule has 1 atom stereocenters. The van der Waals surface area contributed by atoms with E-state index < -0.39 is 5.41 Å². The Balaban J connectivity index is 2.15. The number of nitrogens with zero attached hydrogens (tertiary/aromatic N) is 1. The number of benzene rings is 1. The van der Waals surface area contributed by atoms with Crippen LogP contribution in [0.2, 0.25) is 0 Å². The van der Waals surface area contributed by atoms with Gasteiger partial charge in [0.05, 0.1) is 11.6 Å². The summed E-state index contributed by atoms with van der Waals surface area (Å²) in [7, 11) is 0. The van der Waals surface area contributed by atoms with E-state index in [1.54, 1.807) is 0 Å². The summed E-state index contributed by atoms with van der Waals surface area (Å²) < 4.78 is 5.47. The highest BCUT2D eigenvalue weighted by Crippen LogP contribution is 2.53. The molecule has 2 aromatic rings. The Morgan fingerprint density at radius 2 is 2.00 bits per heavy atom. The number of Topliss-reactive ketones (excluding diaryl/α,β-unsaturated/α-hetero) is 1. The van der Waals surface area contributed by atoms with Crippen LogP contribution in [0.1, 0.15) is 45.7 Å². The van der Waals surface area contributed by atoms with Crippen molar-refractivity contribution in [3.05, 3.63) is 46.4 Å². The van der Waals surface area contributed by atoms with Gasteiger partial charge in [-0.2, -0.15) is 5.26 Å². The molecule has 0 unspecified atom stereocenters. The van der Waals surface area contributed by atoms with Gasteiger partial charge in [0.2, 0.25) is 0 Å². The zero-order chi connectivity index (χ0) is 14.8. The van der Waals surface area contributed by atoms with E-state index in [0.717, 1.165) is 0 Å². The molecule has 21 heavy (non-hydrogen) atoms. The normalized spacial score (nSPS) is 22.3.